The zero-order chi connectivity index (χ0) is 14.5. The molecule has 7 heteroatoms. The van der Waals surface area contributed by atoms with Gasteiger partial charge in [-0.1, -0.05) is 0 Å². The van der Waals surface area contributed by atoms with E-state index in [-0.39, 0.29) is 5.56 Å². The van der Waals surface area contributed by atoms with Crippen LogP contribution < -0.4 is 15.8 Å². The maximum absolute atomic E-state index is 12.1. The largest absolute Gasteiger partial charge is 0.496 e. The van der Waals surface area contributed by atoms with E-state index in [4.69, 9.17) is 25.8 Å². The van der Waals surface area contributed by atoms with Crippen molar-refractivity contribution in [1.82, 2.24) is 5.32 Å². The molecule has 0 atom stereocenters. The predicted octanol–water partition coefficient (Wildman–Crippen LogP) is -1.28. The number of aliphatic hydroxyl groups is 3. The van der Waals surface area contributed by atoms with Crippen LogP contribution in [-0.4, -0.2) is 53.7 Å². The highest BCUT2D eigenvalue weighted by Crippen LogP contribution is 2.21. The highest BCUT2D eigenvalue weighted by atomic mass is 16.5. The van der Waals surface area contributed by atoms with Gasteiger partial charge in [0, 0.05) is 5.69 Å². The lowest BCUT2D eigenvalue weighted by atomic mass is 10.0. The van der Waals surface area contributed by atoms with E-state index in [1.54, 1.807) is 6.07 Å². The van der Waals surface area contributed by atoms with Crippen molar-refractivity contribution >= 4 is 11.6 Å². The fourth-order valence-corrected chi connectivity index (χ4v) is 1.48. The lowest BCUT2D eigenvalue weighted by Crippen LogP contribution is -2.57. The Hall–Kier alpha value is -1.83. The highest BCUT2D eigenvalue weighted by molar-refractivity contribution is 5.98. The van der Waals surface area contributed by atoms with Gasteiger partial charge < -0.3 is 31.1 Å². The Bertz CT molecular complexity index is 437. The zero-order valence-corrected chi connectivity index (χ0v) is 10.6. The molecule has 0 saturated heterocycles. The minimum atomic E-state index is -1.49. The number of nitrogens with two attached hydrogens (primary N) is 1. The van der Waals surface area contributed by atoms with Crippen LogP contribution in [0.5, 0.6) is 5.75 Å². The van der Waals surface area contributed by atoms with Crippen LogP contribution in [-0.2, 0) is 0 Å². The van der Waals surface area contributed by atoms with Crippen LogP contribution in [0, 0.1) is 0 Å². The summed E-state index contributed by atoms with van der Waals surface area (Å²) in [6.45, 7) is -1.80. The number of nitrogens with one attached hydrogen (secondary N) is 1. The lowest BCUT2D eigenvalue weighted by Gasteiger charge is -2.28. The fraction of sp³-hybridized carbons (Fsp3) is 0.417. The van der Waals surface area contributed by atoms with Crippen LogP contribution in [0.3, 0.4) is 0 Å². The molecule has 1 amide bonds. The average molecular weight is 270 g/mol. The van der Waals surface area contributed by atoms with E-state index < -0.39 is 31.3 Å². The van der Waals surface area contributed by atoms with Crippen LogP contribution in [0.15, 0.2) is 18.2 Å². The number of aliphatic hydroxyl groups excluding tert-OH is 3. The van der Waals surface area contributed by atoms with Gasteiger partial charge in [0.15, 0.2) is 0 Å². The van der Waals surface area contributed by atoms with Gasteiger partial charge in [-0.05, 0) is 18.2 Å². The minimum Gasteiger partial charge on any atom is -0.496 e. The Balaban J connectivity index is 3.03. The molecule has 6 N–H and O–H groups in total. The Morgan fingerprint density at radius 3 is 2.37 bits per heavy atom. The van der Waals surface area contributed by atoms with Crippen LogP contribution in [0.4, 0.5) is 5.69 Å². The number of methoxy groups -OCH3 is 1. The molecule has 0 saturated carbocycles. The zero-order valence-electron chi connectivity index (χ0n) is 10.6. The van der Waals surface area contributed by atoms with Gasteiger partial charge in [0.25, 0.3) is 5.91 Å². The summed E-state index contributed by atoms with van der Waals surface area (Å²) in [5.41, 5.74) is 4.63. The van der Waals surface area contributed by atoms with Gasteiger partial charge in [0.05, 0.1) is 32.5 Å². The lowest BCUT2D eigenvalue weighted by molar-refractivity contribution is 0.0374. The second-order valence-corrected chi connectivity index (χ2v) is 4.17. The third-order valence-electron chi connectivity index (χ3n) is 2.75. The predicted molar refractivity (Wildman–Crippen MR) is 68.9 cm³/mol. The third kappa shape index (κ3) is 3.34. The molecule has 7 nitrogen and oxygen atoms in total. The molecule has 0 aliphatic heterocycles. The third-order valence-corrected chi connectivity index (χ3v) is 2.75. The summed E-state index contributed by atoms with van der Waals surface area (Å²) in [7, 11) is 1.40. The molecule has 1 rings (SSSR count). The number of carbonyl (C=O) groups excluding carboxylic acids is 1. The molecular formula is C12H18N2O5. The minimum absolute atomic E-state index is 0.155. The van der Waals surface area contributed by atoms with Crippen molar-refractivity contribution in [2.45, 2.75) is 5.54 Å². The molecule has 0 aliphatic carbocycles. The molecule has 1 aromatic carbocycles. The maximum Gasteiger partial charge on any atom is 0.255 e. The van der Waals surface area contributed by atoms with Crippen molar-refractivity contribution in [3.05, 3.63) is 23.8 Å². The number of anilines is 1. The van der Waals surface area contributed by atoms with Crippen LogP contribution >= 0.6 is 0 Å². The van der Waals surface area contributed by atoms with Crippen molar-refractivity contribution in [3.8, 4) is 5.75 Å². The molecule has 0 heterocycles. The van der Waals surface area contributed by atoms with Gasteiger partial charge in [0.2, 0.25) is 0 Å². The average Bonchev–Trinajstić information content (AvgIpc) is 2.44. The van der Waals surface area contributed by atoms with Gasteiger partial charge in [-0.15, -0.1) is 0 Å². The number of hydrogen-bond acceptors (Lipinski definition) is 6. The SMILES string of the molecule is COc1ccc(N)cc1C(=O)NC(CO)(CO)CO. The van der Waals surface area contributed by atoms with Crippen LogP contribution in [0.25, 0.3) is 0 Å². The van der Waals surface area contributed by atoms with Gasteiger partial charge in [-0.25, -0.2) is 0 Å². The standard InChI is InChI=1S/C12H18N2O5/c1-19-10-3-2-8(13)4-9(10)11(18)14-12(5-15,6-16)7-17/h2-4,15-17H,5-7,13H2,1H3,(H,14,18). The highest BCUT2D eigenvalue weighted by Gasteiger charge is 2.31. The van der Waals surface area contributed by atoms with Crippen molar-refractivity contribution in [1.29, 1.82) is 0 Å². The normalized spacial score (nSPS) is 11.2. The molecule has 0 fully saturated rings. The van der Waals surface area contributed by atoms with Crippen molar-refractivity contribution < 1.29 is 24.9 Å². The van der Waals surface area contributed by atoms with E-state index in [1.807, 2.05) is 0 Å². The number of amides is 1. The summed E-state index contributed by atoms with van der Waals surface area (Å²) in [4.78, 5) is 12.1. The molecule has 0 aromatic heterocycles. The molecule has 0 spiro atoms. The van der Waals surface area contributed by atoms with E-state index in [0.29, 0.717) is 11.4 Å². The van der Waals surface area contributed by atoms with Crippen LogP contribution in [0.2, 0.25) is 0 Å². The van der Waals surface area contributed by atoms with Crippen molar-refractivity contribution in [2.24, 2.45) is 0 Å². The molecule has 0 bridgehead atoms. The number of nitrogen functional groups attached to an aromatic ring is 1. The Kier molecular flexibility index (Phi) is 5.11. The Morgan fingerprint density at radius 1 is 1.32 bits per heavy atom. The molecule has 0 aliphatic rings. The van der Waals surface area contributed by atoms with E-state index in [2.05, 4.69) is 5.32 Å². The van der Waals surface area contributed by atoms with Gasteiger partial charge in [-0.3, -0.25) is 4.79 Å². The van der Waals surface area contributed by atoms with E-state index in [9.17, 15) is 4.79 Å². The number of carbonyl (C=O) groups is 1. The summed E-state index contributed by atoms with van der Waals surface area (Å²) >= 11 is 0. The molecule has 19 heavy (non-hydrogen) atoms. The van der Waals surface area contributed by atoms with Gasteiger partial charge in [0.1, 0.15) is 11.3 Å². The smallest absolute Gasteiger partial charge is 0.255 e. The second-order valence-electron chi connectivity index (χ2n) is 4.17. The van der Waals surface area contributed by atoms with Crippen molar-refractivity contribution in [2.75, 3.05) is 32.7 Å². The number of rotatable bonds is 6. The fourth-order valence-electron chi connectivity index (χ4n) is 1.48. The number of hydrogen-bond donors (Lipinski definition) is 5. The molecule has 0 radical (unpaired) electrons. The molecular weight excluding hydrogens is 252 g/mol. The van der Waals surface area contributed by atoms with E-state index in [0.717, 1.165) is 0 Å². The summed E-state index contributed by atoms with van der Waals surface area (Å²) in [6, 6.07) is 4.51. The summed E-state index contributed by atoms with van der Waals surface area (Å²) in [5.74, 6) is -0.310. The summed E-state index contributed by atoms with van der Waals surface area (Å²) in [6.07, 6.45) is 0. The van der Waals surface area contributed by atoms with Gasteiger partial charge in [-0.2, -0.15) is 0 Å². The van der Waals surface area contributed by atoms with E-state index >= 15 is 0 Å². The summed E-state index contributed by atoms with van der Waals surface area (Å²) in [5, 5.41) is 29.9. The first-order chi connectivity index (χ1) is 9.01. The van der Waals surface area contributed by atoms with Crippen LogP contribution in [0.1, 0.15) is 10.4 Å². The molecule has 106 valence electrons. The second kappa shape index (κ2) is 6.37. The monoisotopic (exact) mass is 270 g/mol. The Labute approximate surface area is 110 Å². The molecule has 0 unspecified atom stereocenters. The quantitative estimate of drug-likeness (QED) is 0.410. The van der Waals surface area contributed by atoms with Crippen molar-refractivity contribution in [3.63, 3.8) is 0 Å². The topological polar surface area (TPSA) is 125 Å². The van der Waals surface area contributed by atoms with E-state index in [1.165, 1.54) is 19.2 Å². The first kappa shape index (κ1) is 15.2. The number of ether oxygens (including phenoxy) is 1. The first-order valence-electron chi connectivity index (χ1n) is 5.60. The Morgan fingerprint density at radius 2 is 1.89 bits per heavy atom. The first-order valence-corrected chi connectivity index (χ1v) is 5.60. The maximum atomic E-state index is 12.1. The molecule has 1 aromatic rings. The summed E-state index contributed by atoms with van der Waals surface area (Å²) < 4.78 is 5.03. The van der Waals surface area contributed by atoms with Gasteiger partial charge >= 0.3 is 0 Å². The number of benzene rings is 1.